The van der Waals surface area contributed by atoms with Crippen molar-refractivity contribution in [2.45, 2.75) is 39.2 Å². The number of carbonyl (C=O) groups is 1. The van der Waals surface area contributed by atoms with Crippen LogP contribution in [0.15, 0.2) is 6.07 Å². The van der Waals surface area contributed by atoms with E-state index in [1.54, 1.807) is 4.68 Å². The molecule has 0 saturated carbocycles. The summed E-state index contributed by atoms with van der Waals surface area (Å²) in [5, 5.41) is 7.72. The summed E-state index contributed by atoms with van der Waals surface area (Å²) in [6.07, 6.45) is 3.36. The van der Waals surface area contributed by atoms with Gasteiger partial charge in [-0.1, -0.05) is 6.92 Å². The number of hydrogen-bond acceptors (Lipinski definition) is 3. The maximum Gasteiger partial charge on any atom is 0.272 e. The number of nitrogens with one attached hydrogen (secondary N) is 1. The average molecular weight is 264 g/mol. The van der Waals surface area contributed by atoms with Gasteiger partial charge in [0, 0.05) is 26.2 Å². The average Bonchev–Trinajstić information content (AvgIpc) is 2.97. The van der Waals surface area contributed by atoms with Crippen molar-refractivity contribution in [2.75, 3.05) is 19.6 Å². The molecule has 1 aliphatic heterocycles. The number of aromatic nitrogens is 2. The largest absolute Gasteiger partial charge is 0.336 e. The molecule has 1 N–H and O–H groups in total. The molecule has 2 rings (SSSR count). The standard InChI is InChI=1S/C14H24N4O/c1-4-8-18(10-12-6-5-7-15-12)14(19)13-9-11(2)16-17(13)3/h9,12,15H,4-8,10H2,1-3H3. The van der Waals surface area contributed by atoms with E-state index in [0.717, 1.165) is 38.2 Å². The molecule has 0 aliphatic carbocycles. The highest BCUT2D eigenvalue weighted by molar-refractivity contribution is 5.92. The number of carbonyl (C=O) groups excluding carboxylic acids is 1. The summed E-state index contributed by atoms with van der Waals surface area (Å²) in [4.78, 5) is 14.6. The monoisotopic (exact) mass is 264 g/mol. The lowest BCUT2D eigenvalue weighted by Crippen LogP contribution is -2.42. The summed E-state index contributed by atoms with van der Waals surface area (Å²) in [5.74, 6) is 0.0960. The minimum absolute atomic E-state index is 0.0960. The molecule has 0 spiro atoms. The van der Waals surface area contributed by atoms with Gasteiger partial charge in [-0.25, -0.2) is 0 Å². The van der Waals surface area contributed by atoms with Gasteiger partial charge in [-0.2, -0.15) is 5.10 Å². The molecule has 0 aromatic carbocycles. The van der Waals surface area contributed by atoms with Crippen molar-refractivity contribution in [1.82, 2.24) is 20.0 Å². The van der Waals surface area contributed by atoms with E-state index in [4.69, 9.17) is 0 Å². The summed E-state index contributed by atoms with van der Waals surface area (Å²) in [6.45, 7) is 6.71. The molecule has 0 radical (unpaired) electrons. The van der Waals surface area contributed by atoms with Crippen LogP contribution in [0.1, 0.15) is 42.4 Å². The molecule has 1 aliphatic rings. The van der Waals surface area contributed by atoms with Gasteiger partial charge in [-0.3, -0.25) is 9.48 Å². The van der Waals surface area contributed by atoms with Crippen molar-refractivity contribution in [3.63, 3.8) is 0 Å². The maximum absolute atomic E-state index is 12.6. The first kappa shape index (κ1) is 14.1. The minimum atomic E-state index is 0.0960. The smallest absolute Gasteiger partial charge is 0.272 e. The zero-order valence-electron chi connectivity index (χ0n) is 12.1. The third-order valence-corrected chi connectivity index (χ3v) is 3.60. The van der Waals surface area contributed by atoms with E-state index in [1.165, 1.54) is 6.42 Å². The van der Waals surface area contributed by atoms with Crippen molar-refractivity contribution in [1.29, 1.82) is 0 Å². The number of rotatable bonds is 5. The molecule has 5 heteroatoms. The van der Waals surface area contributed by atoms with Crippen LogP contribution in [0.4, 0.5) is 0 Å². The van der Waals surface area contributed by atoms with E-state index < -0.39 is 0 Å². The molecule has 1 fully saturated rings. The molecule has 1 amide bonds. The molecule has 19 heavy (non-hydrogen) atoms. The van der Waals surface area contributed by atoms with Crippen LogP contribution in [-0.4, -0.2) is 46.3 Å². The van der Waals surface area contributed by atoms with Crippen molar-refractivity contribution in [2.24, 2.45) is 7.05 Å². The number of hydrogen-bond donors (Lipinski definition) is 1. The Labute approximate surface area is 115 Å². The molecule has 2 heterocycles. The van der Waals surface area contributed by atoms with Crippen molar-refractivity contribution in [3.8, 4) is 0 Å². The molecule has 5 nitrogen and oxygen atoms in total. The fourth-order valence-corrected chi connectivity index (χ4v) is 2.70. The topological polar surface area (TPSA) is 50.2 Å². The number of nitrogens with zero attached hydrogens (tertiary/aromatic N) is 3. The summed E-state index contributed by atoms with van der Waals surface area (Å²) < 4.78 is 1.68. The third kappa shape index (κ3) is 3.35. The maximum atomic E-state index is 12.6. The highest BCUT2D eigenvalue weighted by Gasteiger charge is 2.23. The van der Waals surface area contributed by atoms with Crippen LogP contribution in [0.25, 0.3) is 0 Å². The lowest BCUT2D eigenvalue weighted by Gasteiger charge is -2.25. The van der Waals surface area contributed by atoms with Gasteiger partial charge in [0.15, 0.2) is 0 Å². The molecule has 106 valence electrons. The van der Waals surface area contributed by atoms with Crippen molar-refractivity contribution < 1.29 is 4.79 Å². The van der Waals surface area contributed by atoms with Crippen molar-refractivity contribution >= 4 is 5.91 Å². The van der Waals surface area contributed by atoms with Crippen molar-refractivity contribution in [3.05, 3.63) is 17.5 Å². The lowest BCUT2D eigenvalue weighted by molar-refractivity contribution is 0.0731. The second-order valence-corrected chi connectivity index (χ2v) is 5.34. The molecular weight excluding hydrogens is 240 g/mol. The second kappa shape index (κ2) is 6.19. The van der Waals surface area contributed by atoms with Gasteiger partial charge in [0.25, 0.3) is 5.91 Å². The molecule has 1 unspecified atom stereocenters. The second-order valence-electron chi connectivity index (χ2n) is 5.34. The third-order valence-electron chi connectivity index (χ3n) is 3.60. The minimum Gasteiger partial charge on any atom is -0.336 e. The van der Waals surface area contributed by atoms with E-state index in [2.05, 4.69) is 17.3 Å². The Morgan fingerprint density at radius 2 is 2.42 bits per heavy atom. The predicted molar refractivity (Wildman–Crippen MR) is 75.2 cm³/mol. The van der Waals surface area contributed by atoms with Crippen LogP contribution in [0.3, 0.4) is 0 Å². The fraction of sp³-hybridized carbons (Fsp3) is 0.714. The summed E-state index contributed by atoms with van der Waals surface area (Å²) in [6, 6.07) is 2.32. The van der Waals surface area contributed by atoms with E-state index in [1.807, 2.05) is 24.9 Å². The predicted octanol–water partition coefficient (Wildman–Crippen LogP) is 1.33. The van der Waals surface area contributed by atoms with Gasteiger partial charge in [-0.05, 0) is 38.8 Å². The van der Waals surface area contributed by atoms with Crippen LogP contribution in [0, 0.1) is 6.92 Å². The zero-order chi connectivity index (χ0) is 13.8. The van der Waals surface area contributed by atoms with E-state index in [0.29, 0.717) is 11.7 Å². The Hall–Kier alpha value is -1.36. The van der Waals surface area contributed by atoms with Gasteiger partial charge in [-0.15, -0.1) is 0 Å². The number of amides is 1. The highest BCUT2D eigenvalue weighted by atomic mass is 16.2. The Kier molecular flexibility index (Phi) is 4.58. The quantitative estimate of drug-likeness (QED) is 0.873. The SMILES string of the molecule is CCCN(CC1CCCN1)C(=O)c1cc(C)nn1C. The van der Waals surface area contributed by atoms with E-state index in [-0.39, 0.29) is 5.91 Å². The zero-order valence-corrected chi connectivity index (χ0v) is 12.1. The Bertz CT molecular complexity index is 435. The Morgan fingerprint density at radius 3 is 2.95 bits per heavy atom. The van der Waals surface area contributed by atoms with Crippen LogP contribution < -0.4 is 5.32 Å². The summed E-state index contributed by atoms with van der Waals surface area (Å²) in [7, 11) is 1.83. The fourth-order valence-electron chi connectivity index (χ4n) is 2.70. The molecule has 1 atom stereocenters. The molecule has 1 aromatic rings. The van der Waals surface area contributed by atoms with Gasteiger partial charge in [0.1, 0.15) is 5.69 Å². The number of aryl methyl sites for hydroxylation is 2. The molecule has 0 bridgehead atoms. The first-order valence-electron chi connectivity index (χ1n) is 7.15. The highest BCUT2D eigenvalue weighted by Crippen LogP contribution is 2.11. The van der Waals surface area contributed by atoms with Gasteiger partial charge in [0.2, 0.25) is 0 Å². The van der Waals surface area contributed by atoms with E-state index >= 15 is 0 Å². The lowest BCUT2D eigenvalue weighted by atomic mass is 10.2. The summed E-state index contributed by atoms with van der Waals surface area (Å²) in [5.41, 5.74) is 1.57. The van der Waals surface area contributed by atoms with Gasteiger partial charge >= 0.3 is 0 Å². The Balaban J connectivity index is 2.08. The molecule has 1 aromatic heterocycles. The first-order valence-corrected chi connectivity index (χ1v) is 7.15. The van der Waals surface area contributed by atoms with E-state index in [9.17, 15) is 4.79 Å². The summed E-state index contributed by atoms with van der Waals surface area (Å²) >= 11 is 0. The molecular formula is C14H24N4O. The van der Waals surface area contributed by atoms with Crippen LogP contribution >= 0.6 is 0 Å². The van der Waals surface area contributed by atoms with Crippen LogP contribution in [0.2, 0.25) is 0 Å². The van der Waals surface area contributed by atoms with Crippen LogP contribution in [-0.2, 0) is 7.05 Å². The first-order chi connectivity index (χ1) is 9.11. The van der Waals surface area contributed by atoms with Gasteiger partial charge < -0.3 is 10.2 Å². The van der Waals surface area contributed by atoms with Crippen LogP contribution in [0.5, 0.6) is 0 Å². The van der Waals surface area contributed by atoms with Gasteiger partial charge in [0.05, 0.1) is 5.69 Å². The normalized spacial score (nSPS) is 18.8. The Morgan fingerprint density at radius 1 is 1.63 bits per heavy atom. The molecule has 1 saturated heterocycles.